The standard InChI is InChI=1S/C17H15FN2O4/c1-11-17(21)19(9-12-2-4-14(18)5-3-12)10-13-8-15(20(22)23)6-7-16(13)24-11/h2-8,11H,9-10H2,1H3. The second-order valence-corrected chi connectivity index (χ2v) is 5.63. The van der Waals surface area contributed by atoms with Crippen molar-refractivity contribution >= 4 is 11.6 Å². The molecular weight excluding hydrogens is 315 g/mol. The van der Waals surface area contributed by atoms with E-state index in [0.29, 0.717) is 11.3 Å². The van der Waals surface area contributed by atoms with Crippen LogP contribution in [0.2, 0.25) is 0 Å². The molecule has 1 aliphatic heterocycles. The first-order valence-corrected chi connectivity index (χ1v) is 7.41. The molecule has 1 aliphatic rings. The Balaban J connectivity index is 1.91. The number of halogens is 1. The molecule has 7 heteroatoms. The lowest BCUT2D eigenvalue weighted by atomic mass is 10.1. The van der Waals surface area contributed by atoms with Gasteiger partial charge in [0.2, 0.25) is 0 Å². The van der Waals surface area contributed by atoms with Gasteiger partial charge in [0.05, 0.1) is 11.5 Å². The van der Waals surface area contributed by atoms with E-state index in [9.17, 15) is 19.3 Å². The maximum Gasteiger partial charge on any atom is 0.270 e. The first-order valence-electron chi connectivity index (χ1n) is 7.41. The van der Waals surface area contributed by atoms with Gasteiger partial charge in [-0.15, -0.1) is 0 Å². The van der Waals surface area contributed by atoms with Crippen LogP contribution in [0.25, 0.3) is 0 Å². The van der Waals surface area contributed by atoms with E-state index < -0.39 is 11.0 Å². The van der Waals surface area contributed by atoms with Gasteiger partial charge in [-0.1, -0.05) is 12.1 Å². The fourth-order valence-electron chi connectivity index (χ4n) is 2.64. The highest BCUT2D eigenvalue weighted by atomic mass is 19.1. The Hall–Kier alpha value is -2.96. The largest absolute Gasteiger partial charge is 0.481 e. The number of carbonyl (C=O) groups is 1. The molecule has 0 saturated heterocycles. The van der Waals surface area contributed by atoms with Crippen LogP contribution in [0.5, 0.6) is 5.75 Å². The molecule has 0 fully saturated rings. The van der Waals surface area contributed by atoms with Gasteiger partial charge in [0.15, 0.2) is 6.10 Å². The average Bonchev–Trinajstić information content (AvgIpc) is 2.67. The highest BCUT2D eigenvalue weighted by Gasteiger charge is 2.28. The van der Waals surface area contributed by atoms with Crippen molar-refractivity contribution in [2.45, 2.75) is 26.1 Å². The summed E-state index contributed by atoms with van der Waals surface area (Å²) in [4.78, 5) is 24.5. The van der Waals surface area contributed by atoms with Gasteiger partial charge in [-0.3, -0.25) is 14.9 Å². The van der Waals surface area contributed by atoms with Gasteiger partial charge < -0.3 is 9.64 Å². The highest BCUT2D eigenvalue weighted by molar-refractivity contribution is 5.81. The molecule has 0 radical (unpaired) electrons. The molecule has 3 rings (SSSR count). The van der Waals surface area contributed by atoms with Crippen LogP contribution in [-0.4, -0.2) is 21.8 Å². The number of hydrogen-bond donors (Lipinski definition) is 0. The van der Waals surface area contributed by atoms with Gasteiger partial charge in [-0.25, -0.2) is 4.39 Å². The predicted molar refractivity (Wildman–Crippen MR) is 83.8 cm³/mol. The van der Waals surface area contributed by atoms with Crippen LogP contribution >= 0.6 is 0 Å². The number of nitrogens with zero attached hydrogens (tertiary/aromatic N) is 2. The first-order chi connectivity index (χ1) is 11.4. The Morgan fingerprint density at radius 3 is 2.67 bits per heavy atom. The third-order valence-electron chi connectivity index (χ3n) is 3.87. The highest BCUT2D eigenvalue weighted by Crippen LogP contribution is 2.30. The zero-order chi connectivity index (χ0) is 17.3. The number of amides is 1. The summed E-state index contributed by atoms with van der Waals surface area (Å²) >= 11 is 0. The zero-order valence-corrected chi connectivity index (χ0v) is 12.9. The molecule has 0 aliphatic carbocycles. The number of carbonyl (C=O) groups excluding carboxylic acids is 1. The SMILES string of the molecule is CC1Oc2ccc([N+](=O)[O-])cc2CN(Cc2ccc(F)cc2)C1=O. The van der Waals surface area contributed by atoms with Crippen molar-refractivity contribution in [2.75, 3.05) is 0 Å². The fraction of sp³-hybridized carbons (Fsp3) is 0.235. The normalized spacial score (nSPS) is 17.0. The second kappa shape index (κ2) is 6.27. The van der Waals surface area contributed by atoms with Crippen molar-refractivity contribution in [3.8, 4) is 5.75 Å². The fourth-order valence-corrected chi connectivity index (χ4v) is 2.64. The maximum atomic E-state index is 13.0. The van der Waals surface area contributed by atoms with E-state index in [1.165, 1.54) is 30.3 Å². The minimum atomic E-state index is -0.701. The zero-order valence-electron chi connectivity index (χ0n) is 12.9. The molecule has 0 bridgehead atoms. The third-order valence-corrected chi connectivity index (χ3v) is 3.87. The molecule has 0 spiro atoms. The molecule has 1 heterocycles. The molecule has 0 N–H and O–H groups in total. The van der Waals surface area contributed by atoms with Crippen LogP contribution in [0.1, 0.15) is 18.1 Å². The lowest BCUT2D eigenvalue weighted by Gasteiger charge is -2.22. The van der Waals surface area contributed by atoms with E-state index in [2.05, 4.69) is 0 Å². The minimum absolute atomic E-state index is 0.0546. The first kappa shape index (κ1) is 15.9. The molecule has 6 nitrogen and oxygen atoms in total. The van der Waals surface area contributed by atoms with Crippen molar-refractivity contribution < 1.29 is 18.8 Å². The maximum absolute atomic E-state index is 13.0. The Morgan fingerprint density at radius 2 is 2.00 bits per heavy atom. The second-order valence-electron chi connectivity index (χ2n) is 5.63. The Labute approximate surface area is 137 Å². The van der Waals surface area contributed by atoms with Crippen molar-refractivity contribution in [3.05, 3.63) is 69.5 Å². The van der Waals surface area contributed by atoms with Crippen molar-refractivity contribution in [1.82, 2.24) is 4.90 Å². The molecule has 124 valence electrons. The number of fused-ring (bicyclic) bond motifs is 1. The molecule has 2 aromatic rings. The molecular formula is C17H15FN2O4. The van der Waals surface area contributed by atoms with E-state index in [1.54, 1.807) is 24.0 Å². The Kier molecular flexibility index (Phi) is 4.16. The molecule has 1 amide bonds. The van der Waals surface area contributed by atoms with E-state index in [0.717, 1.165) is 5.56 Å². The topological polar surface area (TPSA) is 72.7 Å². The van der Waals surface area contributed by atoms with Crippen LogP contribution in [0.3, 0.4) is 0 Å². The summed E-state index contributed by atoms with van der Waals surface area (Å²) in [5, 5.41) is 11.0. The molecule has 0 aromatic heterocycles. The number of non-ortho nitro benzene ring substituents is 1. The molecule has 1 unspecified atom stereocenters. The summed E-state index contributed by atoms with van der Waals surface area (Å²) in [7, 11) is 0. The number of hydrogen-bond acceptors (Lipinski definition) is 4. The van der Waals surface area contributed by atoms with Gasteiger partial charge in [-0.2, -0.15) is 0 Å². The molecule has 24 heavy (non-hydrogen) atoms. The average molecular weight is 330 g/mol. The summed E-state index contributed by atoms with van der Waals surface area (Å²) in [6.07, 6.45) is -0.701. The summed E-state index contributed by atoms with van der Waals surface area (Å²) in [6.45, 7) is 2.10. The summed E-state index contributed by atoms with van der Waals surface area (Å²) in [5.41, 5.74) is 1.29. The molecule has 2 aromatic carbocycles. The van der Waals surface area contributed by atoms with Crippen molar-refractivity contribution in [2.24, 2.45) is 0 Å². The monoisotopic (exact) mass is 330 g/mol. The lowest BCUT2D eigenvalue weighted by Crippen LogP contribution is -2.37. The molecule has 0 saturated carbocycles. The van der Waals surface area contributed by atoms with Gasteiger partial charge in [-0.05, 0) is 30.7 Å². The number of benzene rings is 2. The van der Waals surface area contributed by atoms with E-state index >= 15 is 0 Å². The van der Waals surface area contributed by atoms with E-state index in [4.69, 9.17) is 4.74 Å². The van der Waals surface area contributed by atoms with Crippen LogP contribution in [0, 0.1) is 15.9 Å². The smallest absolute Gasteiger partial charge is 0.270 e. The van der Waals surface area contributed by atoms with E-state index in [1.807, 2.05) is 0 Å². The summed E-state index contributed by atoms with van der Waals surface area (Å²) in [6, 6.07) is 10.1. The predicted octanol–water partition coefficient (Wildman–Crippen LogP) is 3.04. The van der Waals surface area contributed by atoms with E-state index in [-0.39, 0.29) is 30.5 Å². The summed E-state index contributed by atoms with van der Waals surface area (Å²) in [5.74, 6) is -0.111. The Morgan fingerprint density at radius 1 is 1.29 bits per heavy atom. The lowest BCUT2D eigenvalue weighted by molar-refractivity contribution is -0.384. The third kappa shape index (κ3) is 3.19. The number of rotatable bonds is 3. The molecule has 1 atom stereocenters. The van der Waals surface area contributed by atoms with Crippen LogP contribution < -0.4 is 4.74 Å². The Bertz CT molecular complexity index is 792. The number of nitro groups is 1. The van der Waals surface area contributed by atoms with Gasteiger partial charge in [0, 0.05) is 24.2 Å². The van der Waals surface area contributed by atoms with Crippen molar-refractivity contribution in [1.29, 1.82) is 0 Å². The summed E-state index contributed by atoms with van der Waals surface area (Å²) < 4.78 is 18.6. The van der Waals surface area contributed by atoms with Gasteiger partial charge >= 0.3 is 0 Å². The number of ether oxygens (including phenoxy) is 1. The quantitative estimate of drug-likeness (QED) is 0.640. The van der Waals surface area contributed by atoms with Crippen LogP contribution in [0.15, 0.2) is 42.5 Å². The van der Waals surface area contributed by atoms with Gasteiger partial charge in [0.1, 0.15) is 11.6 Å². The number of nitro benzene ring substituents is 1. The van der Waals surface area contributed by atoms with Crippen LogP contribution in [0.4, 0.5) is 10.1 Å². The van der Waals surface area contributed by atoms with Crippen LogP contribution in [-0.2, 0) is 17.9 Å². The van der Waals surface area contributed by atoms with Crippen molar-refractivity contribution in [3.63, 3.8) is 0 Å². The van der Waals surface area contributed by atoms with Gasteiger partial charge in [0.25, 0.3) is 11.6 Å². The minimum Gasteiger partial charge on any atom is -0.481 e.